The van der Waals surface area contributed by atoms with Crippen molar-refractivity contribution in [3.8, 4) is 0 Å². The third kappa shape index (κ3) is 0.889. The molecular formula is C6H9Br2N. The van der Waals surface area contributed by atoms with Crippen molar-refractivity contribution in [3.63, 3.8) is 0 Å². The van der Waals surface area contributed by atoms with Gasteiger partial charge in [-0.2, -0.15) is 0 Å². The van der Waals surface area contributed by atoms with E-state index < -0.39 is 0 Å². The van der Waals surface area contributed by atoms with Crippen LogP contribution in [0.5, 0.6) is 0 Å². The molecule has 0 aromatic heterocycles. The zero-order valence-electron chi connectivity index (χ0n) is 5.03. The molecule has 0 bridgehead atoms. The summed E-state index contributed by atoms with van der Waals surface area (Å²) in [5, 5.41) is 3.37. The fraction of sp³-hybridized carbons (Fsp3) is 1.00. The van der Waals surface area contributed by atoms with E-state index in [0.29, 0.717) is 3.23 Å². The summed E-state index contributed by atoms with van der Waals surface area (Å²) in [6, 6.07) is 0. The predicted octanol–water partition coefficient (Wildman–Crippen LogP) is 1.71. The molecule has 1 N–H and O–H groups in total. The van der Waals surface area contributed by atoms with Gasteiger partial charge in [-0.3, -0.25) is 0 Å². The zero-order valence-corrected chi connectivity index (χ0v) is 8.20. The van der Waals surface area contributed by atoms with E-state index in [9.17, 15) is 0 Å². The third-order valence-electron chi connectivity index (χ3n) is 2.36. The Morgan fingerprint density at radius 2 is 2.11 bits per heavy atom. The maximum atomic E-state index is 3.66. The Bertz CT molecular complexity index is 121. The Labute approximate surface area is 71.8 Å². The van der Waals surface area contributed by atoms with Gasteiger partial charge in [0.25, 0.3) is 0 Å². The Balaban J connectivity index is 2.06. The van der Waals surface area contributed by atoms with Gasteiger partial charge in [0.2, 0.25) is 0 Å². The van der Waals surface area contributed by atoms with Crippen LogP contribution in [0.4, 0.5) is 0 Å². The van der Waals surface area contributed by atoms with Gasteiger partial charge < -0.3 is 5.32 Å². The highest BCUT2D eigenvalue weighted by Gasteiger charge is 2.61. The van der Waals surface area contributed by atoms with Gasteiger partial charge in [0.05, 0.1) is 3.23 Å². The first-order chi connectivity index (χ1) is 4.23. The highest BCUT2D eigenvalue weighted by molar-refractivity contribution is 9.25. The first-order valence-electron chi connectivity index (χ1n) is 3.31. The van der Waals surface area contributed by atoms with Crippen LogP contribution in [0, 0.1) is 11.8 Å². The number of alkyl halides is 2. The first-order valence-corrected chi connectivity index (χ1v) is 4.90. The molecule has 0 amide bonds. The van der Waals surface area contributed by atoms with Gasteiger partial charge in [-0.05, 0) is 18.9 Å². The van der Waals surface area contributed by atoms with Crippen molar-refractivity contribution in [1.29, 1.82) is 0 Å². The number of hydrogen-bond acceptors (Lipinski definition) is 1. The monoisotopic (exact) mass is 253 g/mol. The standard InChI is InChI=1S/C6H9Br2N/c7-6(8)4-1-2-9-3-5(4)6/h4-5,9H,1-3H2. The minimum Gasteiger partial charge on any atom is -0.316 e. The highest BCUT2D eigenvalue weighted by Crippen LogP contribution is 2.63. The Morgan fingerprint density at radius 3 is 2.56 bits per heavy atom. The lowest BCUT2D eigenvalue weighted by Gasteiger charge is -2.07. The van der Waals surface area contributed by atoms with Crippen LogP contribution in [-0.4, -0.2) is 16.3 Å². The second kappa shape index (κ2) is 1.95. The number of fused-ring (bicyclic) bond motifs is 1. The quantitative estimate of drug-likeness (QED) is 0.650. The zero-order chi connectivity index (χ0) is 6.48. The van der Waals surface area contributed by atoms with Crippen molar-refractivity contribution in [3.05, 3.63) is 0 Å². The lowest BCUT2D eigenvalue weighted by atomic mass is 10.2. The molecule has 2 fully saturated rings. The molecule has 1 aliphatic carbocycles. The number of piperidine rings is 1. The van der Waals surface area contributed by atoms with Crippen LogP contribution in [0.15, 0.2) is 0 Å². The molecular weight excluding hydrogens is 246 g/mol. The van der Waals surface area contributed by atoms with E-state index in [1.807, 2.05) is 0 Å². The van der Waals surface area contributed by atoms with Crippen molar-refractivity contribution >= 4 is 31.9 Å². The molecule has 2 aliphatic rings. The molecule has 1 nitrogen and oxygen atoms in total. The second-order valence-corrected chi connectivity index (χ2v) is 6.57. The van der Waals surface area contributed by atoms with E-state index in [1.54, 1.807) is 0 Å². The van der Waals surface area contributed by atoms with E-state index >= 15 is 0 Å². The minimum atomic E-state index is 0.309. The fourth-order valence-corrected chi connectivity index (χ4v) is 3.44. The summed E-state index contributed by atoms with van der Waals surface area (Å²) in [6.07, 6.45) is 1.32. The van der Waals surface area contributed by atoms with Crippen LogP contribution < -0.4 is 5.32 Å². The molecule has 1 saturated carbocycles. The number of nitrogens with one attached hydrogen (secondary N) is 1. The lowest BCUT2D eigenvalue weighted by molar-refractivity contribution is 0.497. The number of rotatable bonds is 0. The molecule has 9 heavy (non-hydrogen) atoms. The fourth-order valence-electron chi connectivity index (χ4n) is 1.65. The van der Waals surface area contributed by atoms with Crippen molar-refractivity contribution in [2.45, 2.75) is 9.65 Å². The summed E-state index contributed by atoms with van der Waals surface area (Å²) in [7, 11) is 0. The Morgan fingerprint density at radius 1 is 1.33 bits per heavy atom. The molecule has 2 atom stereocenters. The van der Waals surface area contributed by atoms with E-state index in [2.05, 4.69) is 37.2 Å². The SMILES string of the molecule is BrC1(Br)C2CCNCC21. The lowest BCUT2D eigenvalue weighted by Crippen LogP contribution is -2.23. The average molecular weight is 255 g/mol. The smallest absolute Gasteiger partial charge is 0.0881 e. The van der Waals surface area contributed by atoms with Gasteiger partial charge in [-0.15, -0.1) is 0 Å². The summed E-state index contributed by atoms with van der Waals surface area (Å²) in [4.78, 5) is 0. The molecule has 2 rings (SSSR count). The van der Waals surface area contributed by atoms with E-state index in [-0.39, 0.29) is 0 Å². The van der Waals surface area contributed by atoms with Gasteiger partial charge in [0.1, 0.15) is 0 Å². The minimum absolute atomic E-state index is 0.309. The predicted molar refractivity (Wildman–Crippen MR) is 45.1 cm³/mol. The average Bonchev–Trinajstić information content (AvgIpc) is 2.39. The largest absolute Gasteiger partial charge is 0.316 e. The van der Waals surface area contributed by atoms with Crippen LogP contribution in [0.2, 0.25) is 0 Å². The van der Waals surface area contributed by atoms with Crippen LogP contribution in [0.25, 0.3) is 0 Å². The van der Waals surface area contributed by atoms with Crippen LogP contribution in [0.3, 0.4) is 0 Å². The summed E-state index contributed by atoms with van der Waals surface area (Å²) < 4.78 is 0.309. The molecule has 0 aromatic rings. The Hall–Kier alpha value is 0.920. The number of halogens is 2. The summed E-state index contributed by atoms with van der Waals surface area (Å²) >= 11 is 7.31. The van der Waals surface area contributed by atoms with Gasteiger partial charge >= 0.3 is 0 Å². The summed E-state index contributed by atoms with van der Waals surface area (Å²) in [6.45, 7) is 2.38. The molecule has 1 aliphatic heterocycles. The van der Waals surface area contributed by atoms with Crippen molar-refractivity contribution in [2.75, 3.05) is 13.1 Å². The molecule has 2 unspecified atom stereocenters. The van der Waals surface area contributed by atoms with Gasteiger partial charge in [-0.25, -0.2) is 0 Å². The highest BCUT2D eigenvalue weighted by atomic mass is 79.9. The molecule has 0 radical (unpaired) electrons. The van der Waals surface area contributed by atoms with Gasteiger partial charge in [0, 0.05) is 12.5 Å². The van der Waals surface area contributed by atoms with Crippen molar-refractivity contribution in [2.24, 2.45) is 11.8 Å². The molecule has 1 saturated heterocycles. The molecule has 1 heterocycles. The van der Waals surface area contributed by atoms with Crippen molar-refractivity contribution in [1.82, 2.24) is 5.32 Å². The van der Waals surface area contributed by atoms with E-state index in [0.717, 1.165) is 11.8 Å². The van der Waals surface area contributed by atoms with Crippen LogP contribution in [-0.2, 0) is 0 Å². The maximum Gasteiger partial charge on any atom is 0.0881 e. The van der Waals surface area contributed by atoms with E-state index in [1.165, 1.54) is 19.5 Å². The molecule has 0 spiro atoms. The maximum absolute atomic E-state index is 3.66. The third-order valence-corrected chi connectivity index (χ3v) is 4.71. The molecule has 0 aromatic carbocycles. The van der Waals surface area contributed by atoms with Crippen LogP contribution in [0.1, 0.15) is 6.42 Å². The topological polar surface area (TPSA) is 12.0 Å². The first kappa shape index (κ1) is 6.62. The van der Waals surface area contributed by atoms with Gasteiger partial charge in [-0.1, -0.05) is 31.9 Å². The Kier molecular flexibility index (Phi) is 1.44. The normalized spacial score (nSPS) is 46.0. The van der Waals surface area contributed by atoms with Gasteiger partial charge in [0.15, 0.2) is 0 Å². The number of hydrogen-bond donors (Lipinski definition) is 1. The van der Waals surface area contributed by atoms with Crippen molar-refractivity contribution < 1.29 is 0 Å². The molecule has 52 valence electrons. The summed E-state index contributed by atoms with van der Waals surface area (Å²) in [5.41, 5.74) is 0. The van der Waals surface area contributed by atoms with Crippen LogP contribution >= 0.6 is 31.9 Å². The second-order valence-electron chi connectivity index (χ2n) is 2.88. The summed E-state index contributed by atoms with van der Waals surface area (Å²) in [5.74, 6) is 1.73. The molecule has 3 heteroatoms. The van der Waals surface area contributed by atoms with E-state index in [4.69, 9.17) is 0 Å².